The highest BCUT2D eigenvalue weighted by Crippen LogP contribution is 2.31. The topological polar surface area (TPSA) is 12.0 Å². The minimum atomic E-state index is -0.330. The van der Waals surface area contributed by atoms with E-state index in [0.717, 1.165) is 18.1 Å². The second kappa shape index (κ2) is 7.62. The van der Waals surface area contributed by atoms with Gasteiger partial charge in [-0.25, -0.2) is 4.39 Å². The van der Waals surface area contributed by atoms with Gasteiger partial charge in [-0.1, -0.05) is 31.5 Å². The second-order valence-electron chi connectivity index (χ2n) is 3.53. The van der Waals surface area contributed by atoms with E-state index in [2.05, 4.69) is 28.2 Å². The number of hydrogen-bond acceptors (Lipinski definition) is 2. The van der Waals surface area contributed by atoms with Gasteiger partial charge in [0.25, 0.3) is 0 Å². The molecule has 0 aliphatic carbocycles. The molecule has 0 bridgehead atoms. The van der Waals surface area contributed by atoms with Crippen molar-refractivity contribution in [1.29, 1.82) is 0 Å². The fourth-order valence-corrected chi connectivity index (χ4v) is 2.80. The Kier molecular flexibility index (Phi) is 6.85. The molecule has 0 saturated carbocycles. The van der Waals surface area contributed by atoms with Crippen LogP contribution in [0.5, 0.6) is 0 Å². The lowest BCUT2D eigenvalue weighted by Crippen LogP contribution is -2.24. The SMILES string of the molecule is CCNC(CSCC)c1ccc(Br)c(Cl)c1F. The van der Waals surface area contributed by atoms with E-state index in [4.69, 9.17) is 11.6 Å². The summed E-state index contributed by atoms with van der Waals surface area (Å²) in [6, 6.07) is 3.59. The Morgan fingerprint density at radius 2 is 2.18 bits per heavy atom. The predicted molar refractivity (Wildman–Crippen MR) is 78.5 cm³/mol. The van der Waals surface area contributed by atoms with Gasteiger partial charge in [0.2, 0.25) is 0 Å². The van der Waals surface area contributed by atoms with Gasteiger partial charge in [0.1, 0.15) is 5.82 Å². The number of rotatable bonds is 6. The Morgan fingerprint density at radius 1 is 1.47 bits per heavy atom. The van der Waals surface area contributed by atoms with Crippen LogP contribution in [0.25, 0.3) is 0 Å². The molecule has 0 aliphatic heterocycles. The van der Waals surface area contributed by atoms with Crippen LogP contribution in [0, 0.1) is 5.82 Å². The van der Waals surface area contributed by atoms with Gasteiger partial charge in [0, 0.05) is 21.8 Å². The van der Waals surface area contributed by atoms with Crippen molar-refractivity contribution >= 4 is 39.3 Å². The zero-order chi connectivity index (χ0) is 12.8. The van der Waals surface area contributed by atoms with Crippen molar-refractivity contribution in [2.45, 2.75) is 19.9 Å². The second-order valence-corrected chi connectivity index (χ2v) is 6.09. The summed E-state index contributed by atoms with van der Waals surface area (Å²) in [4.78, 5) is 0. The molecule has 17 heavy (non-hydrogen) atoms. The van der Waals surface area contributed by atoms with E-state index >= 15 is 0 Å². The van der Waals surface area contributed by atoms with Gasteiger partial charge in [-0.2, -0.15) is 11.8 Å². The summed E-state index contributed by atoms with van der Waals surface area (Å²) in [6.07, 6.45) is 0. The van der Waals surface area contributed by atoms with E-state index in [1.54, 1.807) is 23.9 Å². The largest absolute Gasteiger partial charge is 0.309 e. The monoisotopic (exact) mass is 339 g/mol. The highest BCUT2D eigenvalue weighted by atomic mass is 79.9. The molecule has 1 nitrogen and oxygen atoms in total. The third kappa shape index (κ3) is 4.12. The molecule has 96 valence electrons. The molecule has 0 amide bonds. The van der Waals surface area contributed by atoms with E-state index in [1.165, 1.54) is 0 Å². The molecule has 0 fully saturated rings. The van der Waals surface area contributed by atoms with Crippen molar-refractivity contribution in [3.05, 3.63) is 33.0 Å². The normalized spacial score (nSPS) is 12.8. The minimum Gasteiger partial charge on any atom is -0.309 e. The van der Waals surface area contributed by atoms with Crippen LogP contribution in [0.1, 0.15) is 25.5 Å². The molecule has 1 unspecified atom stereocenters. The van der Waals surface area contributed by atoms with E-state index in [-0.39, 0.29) is 16.9 Å². The lowest BCUT2D eigenvalue weighted by Gasteiger charge is -2.19. The summed E-state index contributed by atoms with van der Waals surface area (Å²) in [5, 5.41) is 3.45. The third-order valence-corrected chi connectivity index (χ3v) is 4.62. The maximum absolute atomic E-state index is 14.1. The summed E-state index contributed by atoms with van der Waals surface area (Å²) in [7, 11) is 0. The summed E-state index contributed by atoms with van der Waals surface area (Å²) in [5.74, 6) is 1.54. The van der Waals surface area contributed by atoms with Gasteiger partial charge < -0.3 is 5.32 Å². The lowest BCUT2D eigenvalue weighted by molar-refractivity contribution is 0.545. The molecule has 0 saturated heterocycles. The van der Waals surface area contributed by atoms with Crippen molar-refractivity contribution in [1.82, 2.24) is 5.32 Å². The third-order valence-electron chi connectivity index (χ3n) is 2.38. The quantitative estimate of drug-likeness (QED) is 0.757. The fraction of sp³-hybridized carbons (Fsp3) is 0.500. The number of halogens is 3. The smallest absolute Gasteiger partial charge is 0.147 e. The van der Waals surface area contributed by atoms with Crippen LogP contribution in [0.4, 0.5) is 4.39 Å². The maximum atomic E-state index is 14.1. The Labute approximate surface area is 120 Å². The Hall–Kier alpha value is 0.230. The predicted octanol–water partition coefficient (Wildman–Crippen LogP) is 4.65. The number of hydrogen-bond donors (Lipinski definition) is 1. The Balaban J connectivity index is 2.97. The van der Waals surface area contributed by atoms with Crippen molar-refractivity contribution < 1.29 is 4.39 Å². The van der Waals surface area contributed by atoms with E-state index in [0.29, 0.717) is 10.0 Å². The molecule has 0 heterocycles. The van der Waals surface area contributed by atoms with E-state index in [9.17, 15) is 4.39 Å². The first-order chi connectivity index (χ1) is 8.11. The molecule has 0 spiro atoms. The first kappa shape index (κ1) is 15.3. The molecule has 0 aliphatic rings. The molecule has 5 heteroatoms. The number of benzene rings is 1. The van der Waals surface area contributed by atoms with E-state index in [1.807, 2.05) is 6.92 Å². The van der Waals surface area contributed by atoms with Crippen molar-refractivity contribution in [3.8, 4) is 0 Å². The molecule has 0 aromatic heterocycles. The molecular formula is C12H16BrClFNS. The van der Waals surface area contributed by atoms with Crippen LogP contribution >= 0.6 is 39.3 Å². The van der Waals surface area contributed by atoms with Gasteiger partial charge in [-0.05, 0) is 34.3 Å². The zero-order valence-electron chi connectivity index (χ0n) is 9.90. The van der Waals surface area contributed by atoms with Gasteiger partial charge in [0.15, 0.2) is 0 Å². The average Bonchev–Trinajstić information content (AvgIpc) is 2.32. The molecule has 1 aromatic carbocycles. The molecular weight excluding hydrogens is 325 g/mol. The lowest BCUT2D eigenvalue weighted by atomic mass is 10.1. The molecule has 1 aromatic rings. The summed E-state index contributed by atoms with van der Waals surface area (Å²) < 4.78 is 14.6. The molecule has 0 radical (unpaired) electrons. The minimum absolute atomic E-state index is 0.00977. The van der Waals surface area contributed by atoms with Crippen LogP contribution in [0.2, 0.25) is 5.02 Å². The van der Waals surface area contributed by atoms with Crippen molar-refractivity contribution in [2.75, 3.05) is 18.1 Å². The standard InChI is InChI=1S/C12H16BrClFNS/c1-3-16-10(7-17-4-2)8-5-6-9(13)11(14)12(8)15/h5-6,10,16H,3-4,7H2,1-2H3. The fourth-order valence-electron chi connectivity index (χ4n) is 1.55. The summed E-state index contributed by atoms with van der Waals surface area (Å²) in [6.45, 7) is 4.92. The average molecular weight is 341 g/mol. The zero-order valence-corrected chi connectivity index (χ0v) is 13.1. The Morgan fingerprint density at radius 3 is 2.76 bits per heavy atom. The first-order valence-electron chi connectivity index (χ1n) is 5.56. The van der Waals surface area contributed by atoms with Crippen LogP contribution in [0.3, 0.4) is 0 Å². The molecule has 1 rings (SSSR count). The first-order valence-corrected chi connectivity index (χ1v) is 7.88. The summed E-state index contributed by atoms with van der Waals surface area (Å²) in [5.41, 5.74) is 0.640. The van der Waals surface area contributed by atoms with Crippen LogP contribution in [-0.4, -0.2) is 18.1 Å². The molecule has 1 N–H and O–H groups in total. The molecule has 1 atom stereocenters. The van der Waals surface area contributed by atoms with Gasteiger partial charge in [-0.3, -0.25) is 0 Å². The summed E-state index contributed by atoms with van der Waals surface area (Å²) >= 11 is 10.9. The van der Waals surface area contributed by atoms with Gasteiger partial charge >= 0.3 is 0 Å². The van der Waals surface area contributed by atoms with Crippen molar-refractivity contribution in [3.63, 3.8) is 0 Å². The van der Waals surface area contributed by atoms with Crippen molar-refractivity contribution in [2.24, 2.45) is 0 Å². The number of nitrogens with one attached hydrogen (secondary N) is 1. The highest BCUT2D eigenvalue weighted by Gasteiger charge is 2.18. The van der Waals surface area contributed by atoms with Crippen LogP contribution < -0.4 is 5.32 Å². The number of thioether (sulfide) groups is 1. The van der Waals surface area contributed by atoms with Gasteiger partial charge in [-0.15, -0.1) is 0 Å². The maximum Gasteiger partial charge on any atom is 0.147 e. The Bertz CT molecular complexity index is 376. The van der Waals surface area contributed by atoms with Gasteiger partial charge in [0.05, 0.1) is 5.02 Å². The highest BCUT2D eigenvalue weighted by molar-refractivity contribution is 9.10. The van der Waals surface area contributed by atoms with Crippen LogP contribution in [0.15, 0.2) is 16.6 Å². The van der Waals surface area contributed by atoms with Crippen LogP contribution in [-0.2, 0) is 0 Å². The van der Waals surface area contributed by atoms with E-state index < -0.39 is 0 Å².